The van der Waals surface area contributed by atoms with Gasteiger partial charge in [0.15, 0.2) is 0 Å². The van der Waals surface area contributed by atoms with Crippen LogP contribution < -0.4 is 5.73 Å². The lowest BCUT2D eigenvalue weighted by Gasteiger charge is -1.98. The maximum absolute atomic E-state index is 5.65. The van der Waals surface area contributed by atoms with Gasteiger partial charge in [-0.25, -0.2) is 9.97 Å². The normalized spacial score (nSPS) is 10.0. The van der Waals surface area contributed by atoms with Crippen LogP contribution in [0, 0.1) is 0 Å². The fourth-order valence-electron chi connectivity index (χ4n) is 0.868. The number of halogens is 1. The average Bonchev–Trinajstić information content (AvgIpc) is 1.85. The predicted molar refractivity (Wildman–Crippen MR) is 45.4 cm³/mol. The Hall–Kier alpha value is -0.830. The van der Waals surface area contributed by atoms with E-state index in [1.807, 2.05) is 0 Å². The molecule has 0 bridgehead atoms. The number of aromatic nitrogens is 2. The molecule has 0 aliphatic carbocycles. The number of nitrogens with zero attached hydrogens (tertiary/aromatic N) is 2. The molecule has 11 heavy (non-hydrogen) atoms. The maximum Gasteiger partial charge on any atom is 0.221 e. The third-order valence-corrected chi connectivity index (χ3v) is 1.46. The van der Waals surface area contributed by atoms with Crippen LogP contribution in [0.4, 0.5) is 5.95 Å². The first-order valence-corrected chi connectivity index (χ1v) is 3.89. The summed E-state index contributed by atoms with van der Waals surface area (Å²) in [6, 6.07) is 1.74. The molecule has 0 spiro atoms. The summed E-state index contributed by atoms with van der Waals surface area (Å²) in [7, 11) is 0. The number of rotatable bonds is 2. The summed E-state index contributed by atoms with van der Waals surface area (Å²) < 4.78 is 0. The first-order valence-electron chi connectivity index (χ1n) is 3.51. The Balaban J connectivity index is 2.89. The van der Waals surface area contributed by atoms with E-state index in [4.69, 9.17) is 17.3 Å². The molecule has 3 nitrogen and oxygen atoms in total. The molecule has 1 heterocycles. The van der Waals surface area contributed by atoms with E-state index < -0.39 is 0 Å². The summed E-state index contributed by atoms with van der Waals surface area (Å²) >= 11 is 5.65. The van der Waals surface area contributed by atoms with Gasteiger partial charge in [0.05, 0.1) is 0 Å². The average molecular weight is 172 g/mol. The molecule has 0 atom stereocenters. The number of aryl methyl sites for hydroxylation is 1. The van der Waals surface area contributed by atoms with Gasteiger partial charge in [-0.1, -0.05) is 24.9 Å². The third kappa shape index (κ3) is 2.35. The fraction of sp³-hybridized carbons (Fsp3) is 0.429. The van der Waals surface area contributed by atoms with Gasteiger partial charge in [0.25, 0.3) is 0 Å². The minimum absolute atomic E-state index is 0.251. The van der Waals surface area contributed by atoms with E-state index in [1.54, 1.807) is 6.07 Å². The van der Waals surface area contributed by atoms with E-state index in [9.17, 15) is 0 Å². The Labute approximate surface area is 70.6 Å². The molecule has 0 radical (unpaired) electrons. The summed E-state index contributed by atoms with van der Waals surface area (Å²) in [4.78, 5) is 7.75. The molecule has 0 unspecified atom stereocenters. The van der Waals surface area contributed by atoms with Gasteiger partial charge in [0, 0.05) is 5.69 Å². The van der Waals surface area contributed by atoms with Crippen molar-refractivity contribution < 1.29 is 0 Å². The molecule has 0 saturated heterocycles. The molecule has 1 rings (SSSR count). The lowest BCUT2D eigenvalue weighted by Crippen LogP contribution is -1.98. The van der Waals surface area contributed by atoms with Crippen molar-refractivity contribution in [1.82, 2.24) is 9.97 Å². The van der Waals surface area contributed by atoms with Crippen molar-refractivity contribution in [3.8, 4) is 0 Å². The number of nitrogens with two attached hydrogens (primary N) is 1. The molecular formula is C7H10ClN3. The van der Waals surface area contributed by atoms with Crippen LogP contribution in [-0.4, -0.2) is 9.97 Å². The highest BCUT2D eigenvalue weighted by molar-refractivity contribution is 6.29. The lowest BCUT2D eigenvalue weighted by molar-refractivity contribution is 0.876. The van der Waals surface area contributed by atoms with Crippen LogP contribution in [0.3, 0.4) is 0 Å². The van der Waals surface area contributed by atoms with E-state index >= 15 is 0 Å². The van der Waals surface area contributed by atoms with E-state index in [1.165, 1.54) is 0 Å². The minimum atomic E-state index is 0.251. The van der Waals surface area contributed by atoms with Crippen molar-refractivity contribution >= 4 is 17.5 Å². The Morgan fingerprint density at radius 2 is 2.27 bits per heavy atom. The van der Waals surface area contributed by atoms with Gasteiger partial charge >= 0.3 is 0 Å². The number of hydrogen-bond donors (Lipinski definition) is 1. The highest BCUT2D eigenvalue weighted by atomic mass is 35.5. The highest BCUT2D eigenvalue weighted by Crippen LogP contribution is 2.09. The van der Waals surface area contributed by atoms with E-state index in [0.717, 1.165) is 18.5 Å². The van der Waals surface area contributed by atoms with E-state index in [2.05, 4.69) is 16.9 Å². The van der Waals surface area contributed by atoms with Crippen molar-refractivity contribution in [3.63, 3.8) is 0 Å². The molecule has 1 aromatic heterocycles. The number of nitrogen functional groups attached to an aromatic ring is 1. The molecule has 4 heteroatoms. The van der Waals surface area contributed by atoms with Crippen LogP contribution >= 0.6 is 11.6 Å². The van der Waals surface area contributed by atoms with Crippen LogP contribution in [0.1, 0.15) is 19.0 Å². The molecule has 0 fully saturated rings. The van der Waals surface area contributed by atoms with Gasteiger partial charge < -0.3 is 5.73 Å². The Kier molecular flexibility index (Phi) is 2.65. The molecule has 2 N–H and O–H groups in total. The predicted octanol–water partition coefficient (Wildman–Crippen LogP) is 1.66. The molecule has 0 amide bonds. The fourth-order valence-corrected chi connectivity index (χ4v) is 1.08. The summed E-state index contributed by atoms with van der Waals surface area (Å²) in [5.74, 6) is 0.251. The molecule has 0 saturated carbocycles. The summed E-state index contributed by atoms with van der Waals surface area (Å²) in [5, 5.41) is 0.418. The van der Waals surface area contributed by atoms with Crippen molar-refractivity contribution in [2.75, 3.05) is 5.73 Å². The maximum atomic E-state index is 5.65. The molecule has 60 valence electrons. The molecule has 0 aromatic carbocycles. The third-order valence-electron chi connectivity index (χ3n) is 1.27. The van der Waals surface area contributed by atoms with Crippen molar-refractivity contribution in [3.05, 3.63) is 16.9 Å². The molecule has 0 aliphatic rings. The smallest absolute Gasteiger partial charge is 0.221 e. The van der Waals surface area contributed by atoms with Gasteiger partial charge in [-0.2, -0.15) is 0 Å². The molecule has 0 aliphatic heterocycles. The number of anilines is 1. The first kappa shape index (κ1) is 8.27. The summed E-state index contributed by atoms with van der Waals surface area (Å²) in [6.45, 7) is 2.08. The standard InChI is InChI=1S/C7H10ClN3/c1-2-3-5-4-6(8)11-7(9)10-5/h4H,2-3H2,1H3,(H2,9,10,11). The largest absolute Gasteiger partial charge is 0.368 e. The summed E-state index contributed by atoms with van der Waals surface area (Å²) in [6.07, 6.45) is 1.93. The zero-order valence-corrected chi connectivity index (χ0v) is 7.10. The molecule has 1 aromatic rings. The van der Waals surface area contributed by atoms with Crippen molar-refractivity contribution in [2.24, 2.45) is 0 Å². The topological polar surface area (TPSA) is 51.8 Å². The SMILES string of the molecule is CCCc1cc(Cl)nc(N)n1. The Morgan fingerprint density at radius 1 is 1.55 bits per heavy atom. The van der Waals surface area contributed by atoms with Crippen molar-refractivity contribution in [1.29, 1.82) is 0 Å². The van der Waals surface area contributed by atoms with Gasteiger partial charge in [0.1, 0.15) is 5.15 Å². The van der Waals surface area contributed by atoms with Gasteiger partial charge in [-0.15, -0.1) is 0 Å². The minimum Gasteiger partial charge on any atom is -0.368 e. The molecular weight excluding hydrogens is 162 g/mol. The first-order chi connectivity index (χ1) is 5.22. The Bertz CT molecular complexity index is 229. The summed E-state index contributed by atoms with van der Waals surface area (Å²) in [5.41, 5.74) is 6.29. The Morgan fingerprint density at radius 3 is 2.82 bits per heavy atom. The van der Waals surface area contributed by atoms with Crippen LogP contribution in [-0.2, 0) is 6.42 Å². The van der Waals surface area contributed by atoms with Crippen LogP contribution in [0.2, 0.25) is 5.15 Å². The van der Waals surface area contributed by atoms with Crippen molar-refractivity contribution in [2.45, 2.75) is 19.8 Å². The number of hydrogen-bond acceptors (Lipinski definition) is 3. The van der Waals surface area contributed by atoms with E-state index in [0.29, 0.717) is 5.15 Å². The lowest BCUT2D eigenvalue weighted by atomic mass is 10.2. The van der Waals surface area contributed by atoms with Crippen LogP contribution in [0.25, 0.3) is 0 Å². The second kappa shape index (κ2) is 3.53. The second-order valence-electron chi connectivity index (χ2n) is 2.29. The van der Waals surface area contributed by atoms with Gasteiger partial charge in [-0.05, 0) is 12.5 Å². The quantitative estimate of drug-likeness (QED) is 0.689. The highest BCUT2D eigenvalue weighted by Gasteiger charge is 1.98. The van der Waals surface area contributed by atoms with Crippen LogP contribution in [0.5, 0.6) is 0 Å². The monoisotopic (exact) mass is 171 g/mol. The van der Waals surface area contributed by atoms with Gasteiger partial charge in [-0.3, -0.25) is 0 Å². The zero-order valence-electron chi connectivity index (χ0n) is 6.34. The van der Waals surface area contributed by atoms with Crippen LogP contribution in [0.15, 0.2) is 6.07 Å². The zero-order chi connectivity index (χ0) is 8.27. The van der Waals surface area contributed by atoms with Gasteiger partial charge in [0.2, 0.25) is 5.95 Å². The second-order valence-corrected chi connectivity index (χ2v) is 2.68. The van der Waals surface area contributed by atoms with E-state index in [-0.39, 0.29) is 5.95 Å².